The molecule has 21 heavy (non-hydrogen) atoms. The molecule has 1 aromatic rings. The summed E-state index contributed by atoms with van der Waals surface area (Å²) in [6.07, 6.45) is 5.43. The van der Waals surface area contributed by atoms with E-state index < -0.39 is 0 Å². The van der Waals surface area contributed by atoms with Crippen LogP contribution in [0.4, 0.5) is 0 Å². The lowest BCUT2D eigenvalue weighted by Gasteiger charge is -2.37. The third kappa shape index (κ3) is 4.55. The average Bonchev–Trinajstić information content (AvgIpc) is 2.72. The highest BCUT2D eigenvalue weighted by Gasteiger charge is 2.30. The van der Waals surface area contributed by atoms with Gasteiger partial charge in [-0.25, -0.2) is 0 Å². The Labute approximate surface area is 130 Å². The monoisotopic (exact) mass is 288 g/mol. The molecule has 1 aliphatic heterocycles. The molecule has 118 valence electrons. The lowest BCUT2D eigenvalue weighted by Crippen LogP contribution is -2.41. The van der Waals surface area contributed by atoms with Gasteiger partial charge in [-0.1, -0.05) is 57.5 Å². The summed E-state index contributed by atoms with van der Waals surface area (Å²) < 4.78 is 0. The number of likely N-dealkylation sites (tertiary alicyclic amines) is 1. The van der Waals surface area contributed by atoms with Gasteiger partial charge in [0.15, 0.2) is 0 Å². The van der Waals surface area contributed by atoms with Gasteiger partial charge < -0.3 is 10.6 Å². The number of hydrogen-bond donors (Lipinski definition) is 1. The van der Waals surface area contributed by atoms with Crippen LogP contribution in [0.1, 0.15) is 58.1 Å². The first-order chi connectivity index (χ1) is 10.0. The van der Waals surface area contributed by atoms with Crippen molar-refractivity contribution in [3.8, 4) is 0 Å². The van der Waals surface area contributed by atoms with Crippen molar-refractivity contribution in [1.82, 2.24) is 4.90 Å². The van der Waals surface area contributed by atoms with Crippen molar-refractivity contribution in [3.05, 3.63) is 35.9 Å². The minimum absolute atomic E-state index is 0.101. The molecule has 2 atom stereocenters. The Morgan fingerprint density at radius 2 is 1.90 bits per heavy atom. The first-order valence-corrected chi connectivity index (χ1v) is 8.56. The third-order valence-corrected chi connectivity index (χ3v) is 5.15. The second-order valence-electron chi connectivity index (χ2n) is 7.36. The molecule has 0 radical (unpaired) electrons. The molecule has 0 spiro atoms. The topological polar surface area (TPSA) is 29.3 Å². The molecule has 0 saturated carbocycles. The summed E-state index contributed by atoms with van der Waals surface area (Å²) >= 11 is 0. The molecule has 1 aromatic carbocycles. The summed E-state index contributed by atoms with van der Waals surface area (Å²) in [5, 5.41) is 0. The molecule has 0 bridgehead atoms. The second-order valence-corrected chi connectivity index (χ2v) is 7.36. The standard InChI is InChI=1S/C19H32N2/c1-4-16-9-8-13-21(14-12-16)15-19(2,3)18(20)17-10-6-5-7-11-17/h5-7,10-11,16,18H,4,8-9,12-15,20H2,1-3H3. The molecule has 1 fully saturated rings. The van der Waals surface area contributed by atoms with E-state index in [2.05, 4.69) is 56.0 Å². The maximum atomic E-state index is 6.56. The molecule has 1 saturated heterocycles. The number of hydrogen-bond acceptors (Lipinski definition) is 2. The van der Waals surface area contributed by atoms with Gasteiger partial charge in [0.1, 0.15) is 0 Å². The molecule has 0 amide bonds. The van der Waals surface area contributed by atoms with E-state index in [-0.39, 0.29) is 11.5 Å². The highest BCUT2D eigenvalue weighted by Crippen LogP contribution is 2.33. The zero-order valence-corrected chi connectivity index (χ0v) is 14.0. The fourth-order valence-corrected chi connectivity index (χ4v) is 3.58. The van der Waals surface area contributed by atoms with Crippen molar-refractivity contribution < 1.29 is 0 Å². The van der Waals surface area contributed by atoms with Crippen LogP contribution in [0.5, 0.6) is 0 Å². The molecule has 2 rings (SSSR count). The van der Waals surface area contributed by atoms with Crippen molar-refractivity contribution in [2.75, 3.05) is 19.6 Å². The molecule has 1 aliphatic rings. The summed E-state index contributed by atoms with van der Waals surface area (Å²) in [6.45, 7) is 10.5. The number of benzene rings is 1. The largest absolute Gasteiger partial charge is 0.323 e. The molecular weight excluding hydrogens is 256 g/mol. The van der Waals surface area contributed by atoms with Crippen LogP contribution in [0.2, 0.25) is 0 Å². The first kappa shape index (κ1) is 16.5. The molecule has 0 aliphatic carbocycles. The number of rotatable bonds is 5. The van der Waals surface area contributed by atoms with Gasteiger partial charge in [-0.3, -0.25) is 0 Å². The summed E-state index contributed by atoms with van der Waals surface area (Å²) in [6, 6.07) is 10.6. The van der Waals surface area contributed by atoms with E-state index in [9.17, 15) is 0 Å². The van der Waals surface area contributed by atoms with Crippen molar-refractivity contribution in [2.24, 2.45) is 17.1 Å². The molecule has 0 aromatic heterocycles. The van der Waals surface area contributed by atoms with Crippen LogP contribution in [-0.2, 0) is 0 Å². The van der Waals surface area contributed by atoms with Gasteiger partial charge in [-0.2, -0.15) is 0 Å². The molecule has 2 N–H and O–H groups in total. The molecule has 2 nitrogen and oxygen atoms in total. The van der Waals surface area contributed by atoms with Crippen LogP contribution < -0.4 is 5.73 Å². The SMILES string of the molecule is CCC1CCCN(CC(C)(C)C(N)c2ccccc2)CC1. The molecule has 2 unspecified atom stereocenters. The van der Waals surface area contributed by atoms with Gasteiger partial charge in [0.2, 0.25) is 0 Å². The van der Waals surface area contributed by atoms with Gasteiger partial charge >= 0.3 is 0 Å². The highest BCUT2D eigenvalue weighted by atomic mass is 15.1. The minimum atomic E-state index is 0.101. The molecular formula is C19H32N2. The smallest absolute Gasteiger partial charge is 0.0359 e. The normalized spacial score (nSPS) is 22.8. The molecule has 2 heteroatoms. The summed E-state index contributed by atoms with van der Waals surface area (Å²) in [7, 11) is 0. The fraction of sp³-hybridized carbons (Fsp3) is 0.684. The van der Waals surface area contributed by atoms with Crippen molar-refractivity contribution in [3.63, 3.8) is 0 Å². The Balaban J connectivity index is 1.97. The Bertz CT molecular complexity index is 413. The van der Waals surface area contributed by atoms with E-state index in [1.165, 1.54) is 44.3 Å². The van der Waals surface area contributed by atoms with Gasteiger partial charge in [0, 0.05) is 12.6 Å². The quantitative estimate of drug-likeness (QED) is 0.878. The maximum Gasteiger partial charge on any atom is 0.0359 e. The summed E-state index contributed by atoms with van der Waals surface area (Å²) in [5.41, 5.74) is 7.91. The van der Waals surface area contributed by atoms with Crippen LogP contribution in [0.3, 0.4) is 0 Å². The van der Waals surface area contributed by atoms with E-state index in [1.54, 1.807) is 0 Å². The van der Waals surface area contributed by atoms with Gasteiger partial charge in [-0.05, 0) is 49.2 Å². The lowest BCUT2D eigenvalue weighted by atomic mass is 9.80. The first-order valence-electron chi connectivity index (χ1n) is 8.56. The second kappa shape index (κ2) is 7.42. The van der Waals surface area contributed by atoms with Crippen molar-refractivity contribution >= 4 is 0 Å². The van der Waals surface area contributed by atoms with Crippen LogP contribution in [0.15, 0.2) is 30.3 Å². The predicted octanol–water partition coefficient (Wildman–Crippen LogP) is 4.22. The van der Waals surface area contributed by atoms with E-state index in [0.29, 0.717) is 0 Å². The van der Waals surface area contributed by atoms with Gasteiger partial charge in [0.25, 0.3) is 0 Å². The van der Waals surface area contributed by atoms with Crippen LogP contribution in [0.25, 0.3) is 0 Å². The van der Waals surface area contributed by atoms with E-state index in [4.69, 9.17) is 5.73 Å². The Morgan fingerprint density at radius 3 is 2.57 bits per heavy atom. The molecule has 1 heterocycles. The highest BCUT2D eigenvalue weighted by molar-refractivity contribution is 5.20. The maximum absolute atomic E-state index is 6.56. The zero-order chi connectivity index (χ0) is 15.3. The Kier molecular flexibility index (Phi) is 5.83. The number of nitrogens with zero attached hydrogens (tertiary/aromatic N) is 1. The van der Waals surface area contributed by atoms with Crippen LogP contribution in [-0.4, -0.2) is 24.5 Å². The minimum Gasteiger partial charge on any atom is -0.323 e. The lowest BCUT2D eigenvalue weighted by molar-refractivity contribution is 0.154. The fourth-order valence-electron chi connectivity index (χ4n) is 3.58. The van der Waals surface area contributed by atoms with Crippen LogP contribution >= 0.6 is 0 Å². The predicted molar refractivity (Wildman–Crippen MR) is 91.2 cm³/mol. The van der Waals surface area contributed by atoms with Crippen molar-refractivity contribution in [2.45, 2.75) is 52.5 Å². The van der Waals surface area contributed by atoms with Gasteiger partial charge in [0.05, 0.1) is 0 Å². The third-order valence-electron chi connectivity index (χ3n) is 5.15. The Morgan fingerprint density at radius 1 is 1.19 bits per heavy atom. The van der Waals surface area contributed by atoms with E-state index >= 15 is 0 Å². The summed E-state index contributed by atoms with van der Waals surface area (Å²) in [4.78, 5) is 2.64. The summed E-state index contributed by atoms with van der Waals surface area (Å²) in [5.74, 6) is 0.931. The number of nitrogens with two attached hydrogens (primary N) is 1. The van der Waals surface area contributed by atoms with E-state index in [0.717, 1.165) is 12.5 Å². The zero-order valence-electron chi connectivity index (χ0n) is 14.0. The van der Waals surface area contributed by atoms with Crippen LogP contribution in [0, 0.1) is 11.3 Å². The van der Waals surface area contributed by atoms with E-state index in [1.807, 2.05) is 0 Å². The van der Waals surface area contributed by atoms with Gasteiger partial charge in [-0.15, -0.1) is 0 Å². The Hall–Kier alpha value is -0.860. The van der Waals surface area contributed by atoms with Crippen molar-refractivity contribution in [1.29, 1.82) is 0 Å². The average molecular weight is 288 g/mol.